The van der Waals surface area contributed by atoms with Gasteiger partial charge in [0.1, 0.15) is 7.05 Å². The van der Waals surface area contributed by atoms with Crippen molar-refractivity contribution in [2.24, 2.45) is 12.1 Å². The number of rotatable bonds is 5. The zero-order valence-corrected chi connectivity index (χ0v) is 16.1. The van der Waals surface area contributed by atoms with Crippen LogP contribution in [0.2, 0.25) is 0 Å². The van der Waals surface area contributed by atoms with Crippen molar-refractivity contribution < 1.29 is 4.57 Å². The molecule has 0 radical (unpaired) electrons. The van der Waals surface area contributed by atoms with E-state index in [0.717, 1.165) is 22.6 Å². The molecular formula is C24H23N4+. The predicted molar refractivity (Wildman–Crippen MR) is 117 cm³/mol. The summed E-state index contributed by atoms with van der Waals surface area (Å²) in [6, 6.07) is 28.8. The summed E-state index contributed by atoms with van der Waals surface area (Å²) < 4.78 is 2.12. The van der Waals surface area contributed by atoms with Crippen LogP contribution in [0.3, 0.4) is 0 Å². The number of hydrogen-bond donors (Lipinski definition) is 1. The van der Waals surface area contributed by atoms with Crippen LogP contribution in [0.15, 0.2) is 96.2 Å². The van der Waals surface area contributed by atoms with E-state index in [1.807, 2.05) is 36.5 Å². The quantitative estimate of drug-likeness (QED) is 0.310. The van der Waals surface area contributed by atoms with Crippen molar-refractivity contribution in [3.8, 4) is 0 Å². The van der Waals surface area contributed by atoms with Crippen molar-refractivity contribution in [3.05, 3.63) is 96.7 Å². The molecule has 0 amide bonds. The molecule has 28 heavy (non-hydrogen) atoms. The number of para-hydroxylation sites is 2. The summed E-state index contributed by atoms with van der Waals surface area (Å²) in [5, 5.41) is 11.1. The summed E-state index contributed by atoms with van der Waals surface area (Å²) in [4.78, 5) is 0. The lowest BCUT2D eigenvalue weighted by Crippen LogP contribution is -2.28. The van der Waals surface area contributed by atoms with E-state index in [2.05, 4.69) is 95.0 Å². The van der Waals surface area contributed by atoms with Crippen LogP contribution in [-0.2, 0) is 7.05 Å². The van der Waals surface area contributed by atoms with Crippen LogP contribution in [0.5, 0.6) is 0 Å². The Balaban J connectivity index is 1.51. The zero-order valence-electron chi connectivity index (χ0n) is 16.1. The molecule has 4 rings (SSSR count). The SMILES string of the molecule is CN(N=Cc1cc[n+](C)c2ccccc12)c1ccc(Nc2ccccc2)cc1. The van der Waals surface area contributed by atoms with Gasteiger partial charge >= 0.3 is 0 Å². The Hall–Kier alpha value is -3.66. The van der Waals surface area contributed by atoms with Crippen LogP contribution in [0.25, 0.3) is 10.9 Å². The maximum atomic E-state index is 4.64. The monoisotopic (exact) mass is 367 g/mol. The molecular weight excluding hydrogens is 344 g/mol. The lowest BCUT2D eigenvalue weighted by molar-refractivity contribution is -0.644. The number of hydrazone groups is 1. The van der Waals surface area contributed by atoms with Gasteiger partial charge in [0, 0.05) is 36.1 Å². The van der Waals surface area contributed by atoms with Gasteiger partial charge in [0.25, 0.3) is 0 Å². The molecule has 1 N–H and O–H groups in total. The van der Waals surface area contributed by atoms with E-state index in [4.69, 9.17) is 0 Å². The van der Waals surface area contributed by atoms with Crippen molar-refractivity contribution in [1.29, 1.82) is 0 Å². The molecule has 4 nitrogen and oxygen atoms in total. The first-order valence-electron chi connectivity index (χ1n) is 9.28. The van der Waals surface area contributed by atoms with Crippen LogP contribution >= 0.6 is 0 Å². The number of nitrogens with zero attached hydrogens (tertiary/aromatic N) is 3. The highest BCUT2D eigenvalue weighted by atomic mass is 15.4. The first-order chi connectivity index (χ1) is 13.7. The van der Waals surface area contributed by atoms with Crippen LogP contribution in [0.4, 0.5) is 17.1 Å². The van der Waals surface area contributed by atoms with Gasteiger partial charge in [-0.15, -0.1) is 0 Å². The highest BCUT2D eigenvalue weighted by molar-refractivity contribution is 5.97. The Morgan fingerprint density at radius 2 is 1.50 bits per heavy atom. The van der Waals surface area contributed by atoms with Crippen molar-refractivity contribution in [1.82, 2.24) is 0 Å². The molecule has 0 aliphatic rings. The van der Waals surface area contributed by atoms with Crippen molar-refractivity contribution in [2.75, 3.05) is 17.4 Å². The van der Waals surface area contributed by atoms with Gasteiger partial charge in [-0.2, -0.15) is 5.10 Å². The Labute approximate surface area is 165 Å². The van der Waals surface area contributed by atoms with E-state index in [1.165, 1.54) is 10.9 Å². The Morgan fingerprint density at radius 1 is 0.821 bits per heavy atom. The van der Waals surface area contributed by atoms with Gasteiger partial charge in [-0.05, 0) is 42.5 Å². The van der Waals surface area contributed by atoms with Gasteiger partial charge < -0.3 is 5.32 Å². The number of fused-ring (bicyclic) bond motifs is 1. The first-order valence-corrected chi connectivity index (χ1v) is 9.28. The van der Waals surface area contributed by atoms with E-state index < -0.39 is 0 Å². The first kappa shape index (κ1) is 17.7. The van der Waals surface area contributed by atoms with Crippen molar-refractivity contribution >= 4 is 34.2 Å². The minimum atomic E-state index is 1.03. The Bertz CT molecular complexity index is 1100. The molecule has 0 bridgehead atoms. The summed E-state index contributed by atoms with van der Waals surface area (Å²) in [7, 11) is 4.02. The fourth-order valence-corrected chi connectivity index (χ4v) is 3.16. The average Bonchev–Trinajstić information content (AvgIpc) is 2.74. The van der Waals surface area contributed by atoms with Crippen molar-refractivity contribution in [3.63, 3.8) is 0 Å². The lowest BCUT2D eigenvalue weighted by Gasteiger charge is -2.14. The molecule has 4 heteroatoms. The summed E-state index contributed by atoms with van der Waals surface area (Å²) in [6.45, 7) is 0. The van der Waals surface area contributed by atoms with Crippen LogP contribution in [0.1, 0.15) is 5.56 Å². The maximum Gasteiger partial charge on any atom is 0.212 e. The van der Waals surface area contributed by atoms with Gasteiger partial charge in [-0.25, -0.2) is 4.57 Å². The number of pyridine rings is 1. The molecule has 3 aromatic carbocycles. The molecule has 1 heterocycles. The number of nitrogens with one attached hydrogen (secondary N) is 1. The smallest absolute Gasteiger partial charge is 0.212 e. The molecule has 0 saturated heterocycles. The second kappa shape index (κ2) is 7.92. The van der Waals surface area contributed by atoms with Gasteiger partial charge in [-0.3, -0.25) is 5.01 Å². The van der Waals surface area contributed by atoms with Gasteiger partial charge in [0.2, 0.25) is 5.52 Å². The van der Waals surface area contributed by atoms with Crippen LogP contribution in [-0.4, -0.2) is 13.3 Å². The third-order valence-corrected chi connectivity index (χ3v) is 4.75. The third kappa shape index (κ3) is 3.86. The standard InChI is InChI=1S/C24H23N4/c1-27-17-16-19(23-10-6-7-11-24(23)27)18-25-28(2)22-14-12-21(13-15-22)26-20-8-4-3-5-9-20/h3-18,26H,1-2H3/q+1. The molecule has 0 saturated carbocycles. The number of aromatic nitrogens is 1. The van der Waals surface area contributed by atoms with Crippen molar-refractivity contribution in [2.45, 2.75) is 0 Å². The molecule has 0 unspecified atom stereocenters. The molecule has 0 fully saturated rings. The predicted octanol–water partition coefficient (Wildman–Crippen LogP) is 4.88. The molecule has 0 spiro atoms. The third-order valence-electron chi connectivity index (χ3n) is 4.75. The molecule has 0 atom stereocenters. The number of aryl methyl sites for hydroxylation is 1. The zero-order chi connectivity index (χ0) is 19.3. The van der Waals surface area contributed by atoms with E-state index in [1.54, 1.807) is 0 Å². The number of benzene rings is 3. The van der Waals surface area contributed by atoms with E-state index >= 15 is 0 Å². The summed E-state index contributed by atoms with van der Waals surface area (Å²) in [5.41, 5.74) is 5.44. The Morgan fingerprint density at radius 3 is 2.29 bits per heavy atom. The maximum absolute atomic E-state index is 4.64. The highest BCUT2D eigenvalue weighted by Gasteiger charge is 2.07. The molecule has 1 aromatic heterocycles. The van der Waals surface area contributed by atoms with Crippen LogP contribution < -0.4 is 14.9 Å². The molecule has 0 aliphatic carbocycles. The largest absolute Gasteiger partial charge is 0.356 e. The van der Waals surface area contributed by atoms with E-state index in [-0.39, 0.29) is 0 Å². The second-order valence-corrected chi connectivity index (χ2v) is 6.71. The lowest BCUT2D eigenvalue weighted by atomic mass is 10.1. The van der Waals surface area contributed by atoms with E-state index in [0.29, 0.717) is 0 Å². The van der Waals surface area contributed by atoms with Gasteiger partial charge in [0.15, 0.2) is 6.20 Å². The molecule has 138 valence electrons. The minimum absolute atomic E-state index is 1.03. The minimum Gasteiger partial charge on any atom is -0.356 e. The Kier molecular flexibility index (Phi) is 5.02. The summed E-state index contributed by atoms with van der Waals surface area (Å²) in [6.07, 6.45) is 3.98. The molecule has 0 aliphatic heterocycles. The van der Waals surface area contributed by atoms with Gasteiger partial charge in [-0.1, -0.05) is 30.3 Å². The average molecular weight is 367 g/mol. The summed E-state index contributed by atoms with van der Waals surface area (Å²) in [5.74, 6) is 0. The highest BCUT2D eigenvalue weighted by Crippen LogP contribution is 2.21. The normalized spacial score (nSPS) is 11.1. The fraction of sp³-hybridized carbons (Fsp3) is 0.0833. The van der Waals surface area contributed by atoms with Crippen LogP contribution in [0, 0.1) is 0 Å². The topological polar surface area (TPSA) is 31.5 Å². The van der Waals surface area contributed by atoms with E-state index in [9.17, 15) is 0 Å². The number of hydrogen-bond acceptors (Lipinski definition) is 3. The fourth-order valence-electron chi connectivity index (χ4n) is 3.16. The summed E-state index contributed by atoms with van der Waals surface area (Å²) >= 11 is 0. The van der Waals surface area contributed by atoms with Gasteiger partial charge in [0.05, 0.1) is 17.3 Å². The second-order valence-electron chi connectivity index (χ2n) is 6.71. The number of anilines is 3. The molecule has 4 aromatic rings.